The molecule has 2 aromatic carbocycles. The van der Waals surface area contributed by atoms with E-state index >= 15 is 0 Å². The van der Waals surface area contributed by atoms with Crippen molar-refractivity contribution >= 4 is 32.8 Å². The second kappa shape index (κ2) is 42.1. The SMILES string of the molecule is C=CC(=O)OC(COCCCCCCCCCCCCCCCCCC)COc1cc(S(=O)(=O)O)c(OCC(COCCCCCCCCCCCCCCCCCC)OC(=O)C=C)c2ccccc12. The number of carbonyl (C=O) groups excluding carboxylic acids is 2. The molecule has 0 aliphatic carbocycles. The fourth-order valence-electron chi connectivity index (χ4n) is 8.70. The van der Waals surface area contributed by atoms with Gasteiger partial charge in [-0.1, -0.05) is 244 Å². The van der Waals surface area contributed by atoms with Gasteiger partial charge in [0, 0.05) is 42.2 Å². The second-order valence-corrected chi connectivity index (χ2v) is 20.5. The number of ether oxygens (including phenoxy) is 6. The summed E-state index contributed by atoms with van der Waals surface area (Å²) >= 11 is 0. The molecular weight excluding hydrogens is 905 g/mol. The van der Waals surface area contributed by atoms with Crippen molar-refractivity contribution in [3.8, 4) is 11.5 Å². The fourth-order valence-corrected chi connectivity index (χ4v) is 9.36. The highest BCUT2D eigenvalue weighted by molar-refractivity contribution is 7.86. The van der Waals surface area contributed by atoms with Crippen molar-refractivity contribution in [2.45, 2.75) is 236 Å². The molecule has 0 radical (unpaired) electrons. The van der Waals surface area contributed by atoms with Gasteiger partial charge in [0.05, 0.1) is 13.2 Å². The Labute approximate surface area is 425 Å². The molecule has 0 fully saturated rings. The Morgan fingerprint density at radius 2 is 0.829 bits per heavy atom. The molecule has 0 bridgehead atoms. The van der Waals surface area contributed by atoms with Gasteiger partial charge in [0.1, 0.15) is 29.6 Å². The molecule has 0 saturated carbocycles. The van der Waals surface area contributed by atoms with Gasteiger partial charge in [-0.2, -0.15) is 8.42 Å². The summed E-state index contributed by atoms with van der Waals surface area (Å²) in [6.07, 6.45) is 41.2. The van der Waals surface area contributed by atoms with Crippen LogP contribution in [0.15, 0.2) is 60.5 Å². The lowest BCUT2D eigenvalue weighted by molar-refractivity contribution is -0.148. The van der Waals surface area contributed by atoms with Gasteiger partial charge in [-0.3, -0.25) is 4.55 Å². The van der Waals surface area contributed by atoms with Crippen LogP contribution in [0.4, 0.5) is 0 Å². The van der Waals surface area contributed by atoms with Crippen molar-refractivity contribution < 1.29 is 51.0 Å². The van der Waals surface area contributed by atoms with E-state index < -0.39 is 39.2 Å². The predicted molar refractivity (Wildman–Crippen MR) is 286 cm³/mol. The first-order valence-electron chi connectivity index (χ1n) is 27.7. The topological polar surface area (TPSA) is 144 Å². The highest BCUT2D eigenvalue weighted by Crippen LogP contribution is 2.39. The standard InChI is InChI=1S/C58H96O11S/c1-5-9-11-13-15-17-19-21-23-25-27-29-31-33-35-39-43-64-46-50(68-56(59)7-3)48-66-54-45-55(70(61,62)63)58(53-42-38-37-41-52(53)54)67-49-51(69-57(60)8-4)47-65-44-40-36-34-32-30-28-26-24-22-20-18-16-14-12-10-6-2/h7-8,37-38,41-42,45,50-51H,3-6,9-36,39-40,43-44,46-49H2,1-2H3,(H,61,62,63). The van der Waals surface area contributed by atoms with Crippen molar-refractivity contribution in [3.05, 3.63) is 55.6 Å². The number of rotatable bonds is 49. The van der Waals surface area contributed by atoms with Gasteiger partial charge < -0.3 is 28.4 Å². The average Bonchev–Trinajstić information content (AvgIpc) is 3.35. The molecule has 0 aliphatic heterocycles. The van der Waals surface area contributed by atoms with E-state index in [-0.39, 0.29) is 37.9 Å². The maximum absolute atomic E-state index is 12.9. The number of unbranched alkanes of at least 4 members (excludes halogenated alkanes) is 30. The zero-order chi connectivity index (χ0) is 50.8. The number of hydrogen-bond donors (Lipinski definition) is 1. The Morgan fingerprint density at radius 1 is 0.500 bits per heavy atom. The number of fused-ring (bicyclic) bond motifs is 1. The zero-order valence-electron chi connectivity index (χ0n) is 43.9. The molecule has 0 spiro atoms. The third-order valence-electron chi connectivity index (χ3n) is 12.8. The first-order chi connectivity index (χ1) is 34.1. The van der Waals surface area contributed by atoms with E-state index in [2.05, 4.69) is 27.0 Å². The summed E-state index contributed by atoms with van der Waals surface area (Å²) in [6, 6.07) is 7.99. The second-order valence-electron chi connectivity index (χ2n) is 19.1. The fraction of sp³-hybridized carbons (Fsp3) is 0.724. The molecule has 0 heterocycles. The lowest BCUT2D eigenvalue weighted by atomic mass is 10.0. The lowest BCUT2D eigenvalue weighted by Crippen LogP contribution is -2.30. The van der Waals surface area contributed by atoms with Crippen LogP contribution in [0.2, 0.25) is 0 Å². The Bertz CT molecular complexity index is 1760. The van der Waals surface area contributed by atoms with Gasteiger partial charge >= 0.3 is 11.9 Å². The van der Waals surface area contributed by atoms with Crippen LogP contribution in [0.5, 0.6) is 11.5 Å². The van der Waals surface area contributed by atoms with E-state index in [4.69, 9.17) is 28.4 Å². The molecule has 2 unspecified atom stereocenters. The minimum Gasteiger partial charge on any atom is -0.489 e. The van der Waals surface area contributed by atoms with Gasteiger partial charge in [0.15, 0.2) is 12.2 Å². The highest BCUT2D eigenvalue weighted by Gasteiger charge is 2.26. The van der Waals surface area contributed by atoms with E-state index in [0.717, 1.165) is 50.7 Å². The average molecular weight is 1000 g/mol. The van der Waals surface area contributed by atoms with Crippen LogP contribution < -0.4 is 9.47 Å². The quantitative estimate of drug-likeness (QED) is 0.0293. The maximum atomic E-state index is 12.9. The van der Waals surface area contributed by atoms with Crippen LogP contribution in [0.1, 0.15) is 219 Å². The van der Waals surface area contributed by atoms with E-state index in [1.54, 1.807) is 24.3 Å². The molecule has 2 rings (SSSR count). The molecule has 0 aromatic heterocycles. The van der Waals surface area contributed by atoms with Crippen LogP contribution in [-0.4, -0.2) is 76.8 Å². The van der Waals surface area contributed by atoms with Gasteiger partial charge in [0.2, 0.25) is 0 Å². The molecule has 0 saturated heterocycles. The summed E-state index contributed by atoms with van der Waals surface area (Å²) in [5, 5.41) is 0.807. The monoisotopic (exact) mass is 1000 g/mol. The van der Waals surface area contributed by atoms with E-state index in [1.807, 2.05) is 0 Å². The molecule has 70 heavy (non-hydrogen) atoms. The molecule has 0 aliphatic rings. The molecule has 11 nitrogen and oxygen atoms in total. The van der Waals surface area contributed by atoms with E-state index in [0.29, 0.717) is 24.0 Å². The predicted octanol–water partition coefficient (Wildman–Crippen LogP) is 15.6. The Balaban J connectivity index is 1.84. The number of carbonyl (C=O) groups is 2. The lowest BCUT2D eigenvalue weighted by Gasteiger charge is -2.22. The van der Waals surface area contributed by atoms with Crippen molar-refractivity contribution in [1.29, 1.82) is 0 Å². The van der Waals surface area contributed by atoms with Gasteiger partial charge in [-0.05, 0) is 12.8 Å². The van der Waals surface area contributed by atoms with Crippen LogP contribution >= 0.6 is 0 Å². The maximum Gasteiger partial charge on any atom is 0.330 e. The van der Waals surface area contributed by atoms with Crippen LogP contribution in [-0.2, 0) is 38.7 Å². The third-order valence-corrected chi connectivity index (χ3v) is 13.7. The molecule has 2 atom stereocenters. The van der Waals surface area contributed by atoms with Crippen molar-refractivity contribution in [3.63, 3.8) is 0 Å². The largest absolute Gasteiger partial charge is 0.489 e. The highest BCUT2D eigenvalue weighted by atomic mass is 32.2. The third kappa shape index (κ3) is 31.1. The normalized spacial score (nSPS) is 12.4. The Kier molecular flexibility index (Phi) is 37.7. The zero-order valence-corrected chi connectivity index (χ0v) is 44.7. The molecule has 1 N–H and O–H groups in total. The van der Waals surface area contributed by atoms with E-state index in [9.17, 15) is 22.6 Å². The first kappa shape index (κ1) is 62.7. The summed E-state index contributed by atoms with van der Waals surface area (Å²) in [4.78, 5) is 24.0. The molecule has 2 aromatic rings. The number of hydrogen-bond acceptors (Lipinski definition) is 10. The first-order valence-corrected chi connectivity index (χ1v) is 29.2. The molecule has 12 heteroatoms. The van der Waals surface area contributed by atoms with Crippen molar-refractivity contribution in [1.82, 2.24) is 0 Å². The summed E-state index contributed by atoms with van der Waals surface area (Å²) in [7, 11) is -4.85. The number of benzene rings is 2. The van der Waals surface area contributed by atoms with Gasteiger partial charge in [0.25, 0.3) is 10.1 Å². The van der Waals surface area contributed by atoms with E-state index in [1.165, 1.54) is 173 Å². The number of esters is 2. The Hall–Kier alpha value is -3.45. The van der Waals surface area contributed by atoms with Crippen LogP contribution in [0.25, 0.3) is 10.8 Å². The minimum atomic E-state index is -4.85. The molecule has 400 valence electrons. The summed E-state index contributed by atoms with van der Waals surface area (Å²) in [6.45, 7) is 12.2. The molecule has 0 amide bonds. The van der Waals surface area contributed by atoms with Crippen molar-refractivity contribution in [2.75, 3.05) is 39.6 Å². The summed E-state index contributed by atoms with van der Waals surface area (Å²) < 4.78 is 71.3. The summed E-state index contributed by atoms with van der Waals surface area (Å²) in [5.74, 6) is -1.35. The minimum absolute atomic E-state index is 0.0189. The van der Waals surface area contributed by atoms with Crippen LogP contribution in [0.3, 0.4) is 0 Å². The Morgan fingerprint density at radius 3 is 1.17 bits per heavy atom. The summed E-state index contributed by atoms with van der Waals surface area (Å²) in [5.41, 5.74) is 0. The van der Waals surface area contributed by atoms with Crippen LogP contribution in [0, 0.1) is 0 Å². The van der Waals surface area contributed by atoms with Gasteiger partial charge in [-0.25, -0.2) is 9.59 Å². The van der Waals surface area contributed by atoms with Crippen molar-refractivity contribution in [2.24, 2.45) is 0 Å². The molecular formula is C58H96O11S. The smallest absolute Gasteiger partial charge is 0.330 e. The van der Waals surface area contributed by atoms with Gasteiger partial charge in [-0.15, -0.1) is 0 Å².